The van der Waals surface area contributed by atoms with Crippen LogP contribution in [0.3, 0.4) is 0 Å². The second-order valence-electron chi connectivity index (χ2n) is 8.40. The molecular formula is C23H20Cl3NO2. The number of ketones is 1. The normalized spacial score (nSPS) is 21.4. The number of allylic oxidation sites excluding steroid dienone is 2. The molecule has 0 saturated heterocycles. The summed E-state index contributed by atoms with van der Waals surface area (Å²) in [7, 11) is 0. The van der Waals surface area contributed by atoms with Gasteiger partial charge in [0.2, 0.25) is 5.91 Å². The van der Waals surface area contributed by atoms with E-state index in [0.29, 0.717) is 44.7 Å². The number of hydrogen-bond donors (Lipinski definition) is 0. The Hall–Kier alpha value is -1.81. The van der Waals surface area contributed by atoms with E-state index < -0.39 is 5.92 Å². The lowest BCUT2D eigenvalue weighted by atomic mass is 9.69. The monoisotopic (exact) mass is 447 g/mol. The maximum Gasteiger partial charge on any atom is 0.232 e. The predicted molar refractivity (Wildman–Crippen MR) is 118 cm³/mol. The van der Waals surface area contributed by atoms with E-state index >= 15 is 0 Å². The van der Waals surface area contributed by atoms with Gasteiger partial charge < -0.3 is 0 Å². The summed E-state index contributed by atoms with van der Waals surface area (Å²) in [5.41, 5.74) is 2.51. The summed E-state index contributed by atoms with van der Waals surface area (Å²) in [6, 6.07) is 12.4. The number of halogens is 3. The van der Waals surface area contributed by atoms with E-state index in [9.17, 15) is 9.59 Å². The first kappa shape index (κ1) is 20.5. The van der Waals surface area contributed by atoms with Crippen molar-refractivity contribution in [2.24, 2.45) is 5.41 Å². The number of carbonyl (C=O) groups is 2. The van der Waals surface area contributed by atoms with Gasteiger partial charge in [-0.25, -0.2) is 0 Å². The molecule has 150 valence electrons. The lowest BCUT2D eigenvalue weighted by molar-refractivity contribution is -0.120. The first-order valence-corrected chi connectivity index (χ1v) is 10.6. The number of nitrogens with zero attached hydrogens (tertiary/aromatic N) is 1. The van der Waals surface area contributed by atoms with Crippen molar-refractivity contribution in [2.75, 3.05) is 4.90 Å². The molecule has 3 nitrogen and oxygen atoms in total. The second kappa shape index (κ2) is 7.46. The van der Waals surface area contributed by atoms with Gasteiger partial charge >= 0.3 is 0 Å². The zero-order chi connectivity index (χ0) is 20.9. The van der Waals surface area contributed by atoms with Gasteiger partial charge in [0, 0.05) is 50.8 Å². The van der Waals surface area contributed by atoms with Crippen molar-refractivity contribution < 1.29 is 9.59 Å². The van der Waals surface area contributed by atoms with Gasteiger partial charge in [-0.15, -0.1) is 0 Å². The molecule has 0 fully saturated rings. The first-order valence-electron chi connectivity index (χ1n) is 9.46. The smallest absolute Gasteiger partial charge is 0.232 e. The molecule has 4 rings (SSSR count). The quantitative estimate of drug-likeness (QED) is 0.506. The zero-order valence-electron chi connectivity index (χ0n) is 16.1. The van der Waals surface area contributed by atoms with Gasteiger partial charge in [-0.3, -0.25) is 14.5 Å². The summed E-state index contributed by atoms with van der Waals surface area (Å²) in [4.78, 5) is 28.3. The molecule has 1 aliphatic carbocycles. The van der Waals surface area contributed by atoms with E-state index in [1.807, 2.05) is 13.8 Å². The third-order valence-corrected chi connectivity index (χ3v) is 6.49. The molecule has 0 aromatic heterocycles. The van der Waals surface area contributed by atoms with Crippen molar-refractivity contribution in [2.45, 2.75) is 39.0 Å². The molecule has 0 bridgehead atoms. The highest BCUT2D eigenvalue weighted by molar-refractivity contribution is 6.36. The van der Waals surface area contributed by atoms with E-state index in [1.54, 1.807) is 47.4 Å². The number of rotatable bonds is 2. The van der Waals surface area contributed by atoms with Crippen molar-refractivity contribution in [1.82, 2.24) is 0 Å². The zero-order valence-corrected chi connectivity index (χ0v) is 18.4. The van der Waals surface area contributed by atoms with Gasteiger partial charge in [0.1, 0.15) is 0 Å². The molecule has 1 atom stereocenters. The van der Waals surface area contributed by atoms with Gasteiger partial charge in [-0.1, -0.05) is 54.7 Å². The molecule has 6 heteroatoms. The average molecular weight is 449 g/mol. The van der Waals surface area contributed by atoms with Crippen LogP contribution in [-0.2, 0) is 9.59 Å². The topological polar surface area (TPSA) is 37.4 Å². The first-order chi connectivity index (χ1) is 13.7. The summed E-state index contributed by atoms with van der Waals surface area (Å²) in [5.74, 6) is -0.480. The van der Waals surface area contributed by atoms with Crippen molar-refractivity contribution in [3.05, 3.63) is 74.4 Å². The van der Waals surface area contributed by atoms with E-state index in [-0.39, 0.29) is 23.5 Å². The van der Waals surface area contributed by atoms with Gasteiger partial charge in [-0.05, 0) is 53.8 Å². The minimum atomic E-state index is -0.439. The Kier molecular flexibility index (Phi) is 5.27. The van der Waals surface area contributed by atoms with Gasteiger partial charge in [0.15, 0.2) is 5.78 Å². The number of anilines is 1. The lowest BCUT2D eigenvalue weighted by Crippen LogP contribution is -2.43. The summed E-state index contributed by atoms with van der Waals surface area (Å²) >= 11 is 18.9. The van der Waals surface area contributed by atoms with Crippen LogP contribution < -0.4 is 4.90 Å². The number of Topliss-reactive ketones (excluding diaryl/α,β-unsaturated/α-hetero) is 1. The number of benzene rings is 2. The van der Waals surface area contributed by atoms with Crippen molar-refractivity contribution >= 4 is 52.2 Å². The largest absolute Gasteiger partial charge is 0.294 e. The highest BCUT2D eigenvalue weighted by Crippen LogP contribution is 2.50. The van der Waals surface area contributed by atoms with Crippen LogP contribution in [0.1, 0.15) is 44.6 Å². The van der Waals surface area contributed by atoms with E-state index in [0.717, 1.165) is 5.70 Å². The Bertz CT molecular complexity index is 1020. The van der Waals surface area contributed by atoms with Crippen molar-refractivity contribution in [1.29, 1.82) is 0 Å². The van der Waals surface area contributed by atoms with Crippen molar-refractivity contribution in [3.8, 4) is 0 Å². The van der Waals surface area contributed by atoms with Crippen LogP contribution in [0.4, 0.5) is 5.69 Å². The molecule has 1 heterocycles. The second-order valence-corrected chi connectivity index (χ2v) is 9.65. The highest BCUT2D eigenvalue weighted by Gasteiger charge is 2.45. The van der Waals surface area contributed by atoms with E-state index in [2.05, 4.69) is 0 Å². The number of hydrogen-bond acceptors (Lipinski definition) is 2. The third-order valence-electron chi connectivity index (χ3n) is 5.58. The minimum absolute atomic E-state index is 0.0451. The molecule has 1 aliphatic heterocycles. The molecule has 1 amide bonds. The van der Waals surface area contributed by atoms with Crippen LogP contribution >= 0.6 is 34.8 Å². The molecule has 1 unspecified atom stereocenters. The number of amides is 1. The molecule has 0 N–H and O–H groups in total. The molecule has 0 spiro atoms. The Morgan fingerprint density at radius 1 is 0.931 bits per heavy atom. The minimum Gasteiger partial charge on any atom is -0.294 e. The summed E-state index contributed by atoms with van der Waals surface area (Å²) < 4.78 is 0. The molecule has 2 aliphatic rings. The Labute approximate surface area is 185 Å². The molecular weight excluding hydrogens is 429 g/mol. The van der Waals surface area contributed by atoms with Crippen molar-refractivity contribution in [3.63, 3.8) is 0 Å². The van der Waals surface area contributed by atoms with Crippen LogP contribution in [0.2, 0.25) is 15.1 Å². The molecule has 2 aromatic rings. The lowest BCUT2D eigenvalue weighted by Gasteiger charge is -2.43. The summed E-state index contributed by atoms with van der Waals surface area (Å²) in [6.07, 6.45) is 1.17. The fraction of sp³-hybridized carbons (Fsp3) is 0.304. The summed E-state index contributed by atoms with van der Waals surface area (Å²) in [5, 5.41) is 1.53. The van der Waals surface area contributed by atoms with Crippen LogP contribution in [0.5, 0.6) is 0 Å². The highest BCUT2D eigenvalue weighted by atomic mass is 35.5. The van der Waals surface area contributed by atoms with E-state index in [4.69, 9.17) is 34.8 Å². The third kappa shape index (κ3) is 3.72. The standard InChI is InChI=1S/C23H20Cl3NO2/c1-23(2)11-18-22(19(28)12-23)15(21-16(25)4-3-5-17(21)26)10-20(29)27(18)14-8-6-13(24)7-9-14/h3-9,15H,10-12H2,1-2H3. The van der Waals surface area contributed by atoms with Crippen LogP contribution in [0.25, 0.3) is 0 Å². The predicted octanol–water partition coefficient (Wildman–Crippen LogP) is 6.81. The SMILES string of the molecule is CC1(C)CC(=O)C2=C(C1)N(c1ccc(Cl)cc1)C(=O)CC2c1c(Cl)cccc1Cl. The Balaban J connectivity index is 1.94. The van der Waals surface area contributed by atoms with Crippen LogP contribution in [0.15, 0.2) is 53.7 Å². The molecule has 29 heavy (non-hydrogen) atoms. The maximum absolute atomic E-state index is 13.3. The maximum atomic E-state index is 13.3. The molecule has 0 radical (unpaired) electrons. The number of carbonyl (C=O) groups excluding carboxylic acids is 2. The van der Waals surface area contributed by atoms with E-state index in [1.165, 1.54) is 0 Å². The summed E-state index contributed by atoms with van der Waals surface area (Å²) in [6.45, 7) is 4.09. The van der Waals surface area contributed by atoms with Gasteiger partial charge in [0.05, 0.1) is 0 Å². The average Bonchev–Trinajstić information content (AvgIpc) is 2.61. The van der Waals surface area contributed by atoms with Gasteiger partial charge in [-0.2, -0.15) is 0 Å². The Morgan fingerprint density at radius 2 is 1.55 bits per heavy atom. The molecule has 0 saturated carbocycles. The fourth-order valence-corrected chi connectivity index (χ4v) is 5.18. The fourth-order valence-electron chi connectivity index (χ4n) is 4.40. The van der Waals surface area contributed by atoms with Gasteiger partial charge in [0.25, 0.3) is 0 Å². The van der Waals surface area contributed by atoms with Crippen LogP contribution in [-0.4, -0.2) is 11.7 Å². The Morgan fingerprint density at radius 3 is 2.17 bits per heavy atom. The molecule has 2 aromatic carbocycles. The van der Waals surface area contributed by atoms with Crippen LogP contribution in [0, 0.1) is 5.41 Å².